The lowest BCUT2D eigenvalue weighted by Crippen LogP contribution is -2.32. The summed E-state index contributed by atoms with van der Waals surface area (Å²) < 4.78 is 1.90. The fourth-order valence-corrected chi connectivity index (χ4v) is 5.03. The number of benzene rings is 2. The molecule has 0 saturated carbocycles. The second kappa shape index (κ2) is 13.4. The van der Waals surface area contributed by atoms with Gasteiger partial charge in [0.2, 0.25) is 5.91 Å². The van der Waals surface area contributed by atoms with Gasteiger partial charge in [-0.25, -0.2) is 0 Å². The molecule has 0 aliphatic rings. The van der Waals surface area contributed by atoms with E-state index >= 15 is 0 Å². The highest BCUT2D eigenvalue weighted by molar-refractivity contribution is 7.99. The molecule has 2 aromatic carbocycles. The number of rotatable bonds is 12. The minimum atomic E-state index is -0.390. The molecule has 0 bridgehead atoms. The van der Waals surface area contributed by atoms with Gasteiger partial charge in [-0.1, -0.05) is 80.5 Å². The number of allylic oxidation sites excluding steroid dienone is 1. The molecule has 3 rings (SSSR count). The smallest absolute Gasteiger partial charge is 0.253 e. The highest BCUT2D eigenvalue weighted by Crippen LogP contribution is 2.27. The van der Waals surface area contributed by atoms with Crippen molar-refractivity contribution in [1.29, 1.82) is 0 Å². The highest BCUT2D eigenvalue weighted by Gasteiger charge is 2.25. The van der Waals surface area contributed by atoms with Gasteiger partial charge in [-0.3, -0.25) is 9.59 Å². The van der Waals surface area contributed by atoms with Crippen LogP contribution in [-0.2, 0) is 17.8 Å². The summed E-state index contributed by atoms with van der Waals surface area (Å²) in [6, 6.07) is 12.6. The molecule has 0 aliphatic carbocycles. The first-order valence-electron chi connectivity index (χ1n) is 12.4. The van der Waals surface area contributed by atoms with Crippen LogP contribution in [0.4, 0.5) is 5.69 Å². The van der Waals surface area contributed by atoms with Crippen LogP contribution in [0, 0.1) is 12.8 Å². The SMILES string of the molecule is C=CCn1c(SCC(=O)Nc2c(C)cccc2CC)nnc1[C@@H](CC(C)C)NC(=O)c1ccccc1Cl. The van der Waals surface area contributed by atoms with Crippen LogP contribution in [0.1, 0.15) is 60.5 Å². The van der Waals surface area contributed by atoms with Crippen LogP contribution >= 0.6 is 23.4 Å². The van der Waals surface area contributed by atoms with Gasteiger partial charge >= 0.3 is 0 Å². The van der Waals surface area contributed by atoms with E-state index in [0.29, 0.717) is 34.5 Å². The third-order valence-corrected chi connectivity index (χ3v) is 7.13. The maximum Gasteiger partial charge on any atom is 0.253 e. The zero-order valence-corrected chi connectivity index (χ0v) is 23.3. The molecule has 3 aromatic rings. The molecule has 0 aliphatic heterocycles. The molecule has 0 unspecified atom stereocenters. The van der Waals surface area contributed by atoms with Crippen molar-refractivity contribution in [2.24, 2.45) is 5.92 Å². The number of halogens is 1. The maximum absolute atomic E-state index is 13.0. The second-order valence-electron chi connectivity index (χ2n) is 9.17. The number of thioether (sulfide) groups is 1. The molecule has 1 atom stereocenters. The van der Waals surface area contributed by atoms with Gasteiger partial charge in [0.15, 0.2) is 11.0 Å². The third kappa shape index (κ3) is 7.46. The van der Waals surface area contributed by atoms with Gasteiger partial charge in [-0.15, -0.1) is 16.8 Å². The Bertz CT molecular complexity index is 1260. The van der Waals surface area contributed by atoms with Crippen LogP contribution in [0.25, 0.3) is 0 Å². The molecule has 1 heterocycles. The number of amides is 2. The topological polar surface area (TPSA) is 88.9 Å². The molecule has 37 heavy (non-hydrogen) atoms. The van der Waals surface area contributed by atoms with Crippen LogP contribution in [-0.4, -0.2) is 32.3 Å². The number of carbonyl (C=O) groups excluding carboxylic acids is 2. The van der Waals surface area contributed by atoms with Gasteiger partial charge in [0.25, 0.3) is 5.91 Å². The van der Waals surface area contributed by atoms with E-state index in [9.17, 15) is 9.59 Å². The van der Waals surface area contributed by atoms with Gasteiger partial charge < -0.3 is 15.2 Å². The molecular weight excluding hydrogens is 506 g/mol. The predicted octanol–water partition coefficient (Wildman–Crippen LogP) is 6.24. The van der Waals surface area contributed by atoms with Crippen LogP contribution in [0.2, 0.25) is 5.02 Å². The number of aromatic nitrogens is 3. The van der Waals surface area contributed by atoms with Crippen LogP contribution in [0.5, 0.6) is 0 Å². The zero-order chi connectivity index (χ0) is 26.9. The predicted molar refractivity (Wildman–Crippen MR) is 151 cm³/mol. The quantitative estimate of drug-likeness (QED) is 0.210. The minimum absolute atomic E-state index is 0.116. The fourth-order valence-electron chi connectivity index (χ4n) is 4.05. The van der Waals surface area contributed by atoms with Gasteiger partial charge in [0, 0.05) is 12.2 Å². The van der Waals surface area contributed by atoms with Gasteiger partial charge in [0.05, 0.1) is 22.4 Å². The summed E-state index contributed by atoms with van der Waals surface area (Å²) in [5, 5.41) is 15.9. The third-order valence-electron chi connectivity index (χ3n) is 5.84. The van der Waals surface area contributed by atoms with E-state index in [0.717, 1.165) is 23.2 Å². The van der Waals surface area contributed by atoms with Gasteiger partial charge in [-0.2, -0.15) is 0 Å². The summed E-state index contributed by atoms with van der Waals surface area (Å²) in [7, 11) is 0. The summed E-state index contributed by atoms with van der Waals surface area (Å²) in [5.74, 6) is 0.684. The molecule has 0 radical (unpaired) electrons. The molecule has 2 amide bonds. The van der Waals surface area contributed by atoms with E-state index in [1.165, 1.54) is 11.8 Å². The van der Waals surface area contributed by atoms with Crippen molar-refractivity contribution >= 4 is 40.9 Å². The van der Waals surface area contributed by atoms with E-state index < -0.39 is 6.04 Å². The summed E-state index contributed by atoms with van der Waals surface area (Å²) in [5.41, 5.74) is 3.40. The highest BCUT2D eigenvalue weighted by atomic mass is 35.5. The number of para-hydroxylation sites is 1. The number of anilines is 1. The average molecular weight is 540 g/mol. The average Bonchev–Trinajstić information content (AvgIpc) is 3.26. The Labute approximate surface area is 228 Å². The Morgan fingerprint density at radius 1 is 1.16 bits per heavy atom. The van der Waals surface area contributed by atoms with E-state index in [4.69, 9.17) is 11.6 Å². The minimum Gasteiger partial charge on any atom is -0.342 e. The molecule has 196 valence electrons. The monoisotopic (exact) mass is 539 g/mol. The van der Waals surface area contributed by atoms with Crippen molar-refractivity contribution in [3.8, 4) is 0 Å². The molecule has 1 aromatic heterocycles. The summed E-state index contributed by atoms with van der Waals surface area (Å²) in [6.45, 7) is 12.5. The number of nitrogens with one attached hydrogen (secondary N) is 2. The first-order chi connectivity index (χ1) is 17.7. The molecule has 9 heteroatoms. The van der Waals surface area contributed by atoms with Crippen molar-refractivity contribution in [2.75, 3.05) is 11.1 Å². The lowest BCUT2D eigenvalue weighted by Gasteiger charge is -2.21. The normalized spacial score (nSPS) is 11.8. The summed E-state index contributed by atoms with van der Waals surface area (Å²) >= 11 is 7.55. The van der Waals surface area contributed by atoms with Crippen molar-refractivity contribution in [2.45, 2.75) is 58.3 Å². The Morgan fingerprint density at radius 3 is 2.59 bits per heavy atom. The van der Waals surface area contributed by atoms with Crippen molar-refractivity contribution in [3.63, 3.8) is 0 Å². The van der Waals surface area contributed by atoms with Crippen LogP contribution < -0.4 is 10.6 Å². The number of aryl methyl sites for hydroxylation is 2. The van der Waals surface area contributed by atoms with Crippen molar-refractivity contribution < 1.29 is 9.59 Å². The van der Waals surface area contributed by atoms with Crippen LogP contribution in [0.3, 0.4) is 0 Å². The summed E-state index contributed by atoms with van der Waals surface area (Å²) in [6.07, 6.45) is 3.24. The summed E-state index contributed by atoms with van der Waals surface area (Å²) in [4.78, 5) is 25.9. The first-order valence-corrected chi connectivity index (χ1v) is 13.7. The molecule has 0 saturated heterocycles. The molecule has 0 fully saturated rings. The number of carbonyl (C=O) groups is 2. The van der Waals surface area contributed by atoms with E-state index in [2.05, 4.69) is 48.2 Å². The Morgan fingerprint density at radius 2 is 1.92 bits per heavy atom. The molecular formula is C28H34ClN5O2S. The standard InChI is InChI=1S/C28H34ClN5O2S/c1-6-15-34-26(23(16-18(3)4)30-27(36)21-13-8-9-14-22(21)29)32-33-28(34)37-17-24(35)31-25-19(5)11-10-12-20(25)7-2/h6,8-14,18,23H,1,7,15-17H2,2-5H3,(H,30,36)(H,31,35)/t23-/m1/s1. The largest absolute Gasteiger partial charge is 0.342 e. The van der Waals surface area contributed by atoms with Gasteiger partial charge in [-0.05, 0) is 48.9 Å². The van der Waals surface area contributed by atoms with E-state index in [1.807, 2.05) is 29.7 Å². The Balaban J connectivity index is 1.80. The Kier molecular flexibility index (Phi) is 10.3. The van der Waals surface area contributed by atoms with E-state index in [1.54, 1.807) is 30.3 Å². The van der Waals surface area contributed by atoms with Crippen LogP contribution in [0.15, 0.2) is 60.3 Å². The lowest BCUT2D eigenvalue weighted by atomic mass is 10.0. The molecule has 0 spiro atoms. The lowest BCUT2D eigenvalue weighted by molar-refractivity contribution is -0.113. The van der Waals surface area contributed by atoms with Gasteiger partial charge in [0.1, 0.15) is 0 Å². The zero-order valence-electron chi connectivity index (χ0n) is 21.8. The van der Waals surface area contributed by atoms with Crippen molar-refractivity contribution in [1.82, 2.24) is 20.1 Å². The number of nitrogens with zero attached hydrogens (tertiary/aromatic N) is 3. The number of hydrogen-bond donors (Lipinski definition) is 2. The second-order valence-corrected chi connectivity index (χ2v) is 10.5. The number of hydrogen-bond acceptors (Lipinski definition) is 5. The van der Waals surface area contributed by atoms with Crippen molar-refractivity contribution in [3.05, 3.63) is 82.7 Å². The molecule has 2 N–H and O–H groups in total. The molecule has 7 nitrogen and oxygen atoms in total. The van der Waals surface area contributed by atoms with E-state index in [-0.39, 0.29) is 23.5 Å². The fraction of sp³-hybridized carbons (Fsp3) is 0.357. The Hall–Kier alpha value is -3.10. The maximum atomic E-state index is 13.0. The first kappa shape index (κ1) is 28.5.